The van der Waals surface area contributed by atoms with E-state index in [0.717, 1.165) is 6.42 Å². The van der Waals surface area contributed by atoms with Crippen LogP contribution >= 0.6 is 23.2 Å². The average molecular weight is 177 g/mol. The van der Waals surface area contributed by atoms with E-state index < -0.39 is 0 Å². The molecule has 1 aliphatic carbocycles. The van der Waals surface area contributed by atoms with E-state index in [9.17, 15) is 4.79 Å². The highest BCUT2D eigenvalue weighted by atomic mass is 35.5. The van der Waals surface area contributed by atoms with Crippen molar-refractivity contribution in [3.05, 3.63) is 22.2 Å². The predicted molar refractivity (Wildman–Crippen MR) is 42.1 cm³/mol. The fourth-order valence-corrected chi connectivity index (χ4v) is 1.11. The number of halogens is 2. The molecule has 0 aliphatic heterocycles. The molecule has 1 nitrogen and oxygen atoms in total. The number of carbonyl (C=O) groups excluding carboxylic acids is 1. The van der Waals surface area contributed by atoms with Crippen LogP contribution in [0.2, 0.25) is 0 Å². The van der Waals surface area contributed by atoms with E-state index in [4.69, 9.17) is 23.2 Å². The van der Waals surface area contributed by atoms with Gasteiger partial charge in [-0.05, 0) is 12.5 Å². The highest BCUT2D eigenvalue weighted by molar-refractivity contribution is 6.56. The first-order valence-electron chi connectivity index (χ1n) is 2.96. The van der Waals surface area contributed by atoms with Crippen LogP contribution in [0.4, 0.5) is 0 Å². The Labute approximate surface area is 69.3 Å². The third-order valence-corrected chi connectivity index (χ3v) is 1.54. The van der Waals surface area contributed by atoms with E-state index in [-0.39, 0.29) is 10.3 Å². The van der Waals surface area contributed by atoms with E-state index in [1.165, 1.54) is 6.08 Å². The molecule has 3 heteroatoms. The number of hydrogen-bond acceptors (Lipinski definition) is 1. The lowest BCUT2D eigenvalue weighted by atomic mass is 10.2. The number of hydrogen-bond donors (Lipinski definition) is 0. The molecule has 0 fully saturated rings. The summed E-state index contributed by atoms with van der Waals surface area (Å²) in [6.07, 6.45) is 4.73. The van der Waals surface area contributed by atoms with Crippen LogP contribution in [0.15, 0.2) is 22.2 Å². The number of ketones is 1. The minimum Gasteiger partial charge on any atom is -0.294 e. The van der Waals surface area contributed by atoms with Gasteiger partial charge in [0.05, 0.1) is 0 Å². The fraction of sp³-hybridized carbons (Fsp3) is 0.286. The summed E-state index contributed by atoms with van der Waals surface area (Å²) in [7, 11) is 0. The molecule has 10 heavy (non-hydrogen) atoms. The maximum atomic E-state index is 10.9. The number of allylic oxidation sites excluding steroid dienone is 3. The van der Waals surface area contributed by atoms with Crippen LogP contribution in [0.1, 0.15) is 12.8 Å². The summed E-state index contributed by atoms with van der Waals surface area (Å²) in [4.78, 5) is 10.9. The van der Waals surface area contributed by atoms with Gasteiger partial charge in [0.2, 0.25) is 0 Å². The SMILES string of the molecule is O=C1CCC=C1C=C(Cl)Cl. The Kier molecular flexibility index (Phi) is 2.52. The molecule has 0 amide bonds. The van der Waals surface area contributed by atoms with Crippen molar-refractivity contribution in [1.82, 2.24) is 0 Å². The third-order valence-electron chi connectivity index (χ3n) is 1.32. The van der Waals surface area contributed by atoms with Crippen LogP contribution in [0, 0.1) is 0 Å². The van der Waals surface area contributed by atoms with Crippen LogP contribution < -0.4 is 0 Å². The van der Waals surface area contributed by atoms with Gasteiger partial charge in [-0.3, -0.25) is 4.79 Å². The first-order chi connectivity index (χ1) is 4.70. The molecule has 0 spiro atoms. The quantitative estimate of drug-likeness (QED) is 0.601. The Bertz CT molecular complexity index is 212. The van der Waals surface area contributed by atoms with Gasteiger partial charge in [-0.15, -0.1) is 0 Å². The molecule has 0 heterocycles. The summed E-state index contributed by atoms with van der Waals surface area (Å²) in [6, 6.07) is 0. The standard InChI is InChI=1S/C7H6Cl2O/c8-7(9)4-5-2-1-3-6(5)10/h2,4H,1,3H2. The van der Waals surface area contributed by atoms with Crippen LogP contribution in [-0.2, 0) is 4.79 Å². The second kappa shape index (κ2) is 3.22. The van der Waals surface area contributed by atoms with Crippen LogP contribution in [0.25, 0.3) is 0 Å². The lowest BCUT2D eigenvalue weighted by Gasteiger charge is -1.88. The molecule has 0 atom stereocenters. The monoisotopic (exact) mass is 176 g/mol. The zero-order valence-electron chi connectivity index (χ0n) is 5.23. The summed E-state index contributed by atoms with van der Waals surface area (Å²) >= 11 is 10.7. The predicted octanol–water partition coefficient (Wildman–Crippen LogP) is 2.59. The Hall–Kier alpha value is -0.270. The van der Waals surface area contributed by atoms with Crippen molar-refractivity contribution < 1.29 is 4.79 Å². The molecule has 0 N–H and O–H groups in total. The molecule has 0 unspecified atom stereocenters. The van der Waals surface area contributed by atoms with Gasteiger partial charge < -0.3 is 0 Å². The highest BCUT2D eigenvalue weighted by Gasteiger charge is 2.12. The minimum atomic E-state index is 0.124. The van der Waals surface area contributed by atoms with Gasteiger partial charge in [0.25, 0.3) is 0 Å². The third kappa shape index (κ3) is 1.86. The fourth-order valence-electron chi connectivity index (χ4n) is 0.874. The summed E-state index contributed by atoms with van der Waals surface area (Å²) in [6.45, 7) is 0. The summed E-state index contributed by atoms with van der Waals surface area (Å²) < 4.78 is 0.140. The molecule has 54 valence electrons. The molecule has 0 aromatic heterocycles. The molecule has 1 rings (SSSR count). The molecular formula is C7H6Cl2O. The maximum absolute atomic E-state index is 10.9. The largest absolute Gasteiger partial charge is 0.294 e. The van der Waals surface area contributed by atoms with Crippen molar-refractivity contribution in [2.45, 2.75) is 12.8 Å². The van der Waals surface area contributed by atoms with Crippen molar-refractivity contribution >= 4 is 29.0 Å². The zero-order chi connectivity index (χ0) is 7.56. The maximum Gasteiger partial charge on any atom is 0.162 e. The van der Waals surface area contributed by atoms with Gasteiger partial charge in [-0.2, -0.15) is 0 Å². The van der Waals surface area contributed by atoms with E-state index in [2.05, 4.69) is 0 Å². The topological polar surface area (TPSA) is 17.1 Å². The van der Waals surface area contributed by atoms with Gasteiger partial charge >= 0.3 is 0 Å². The van der Waals surface area contributed by atoms with Gasteiger partial charge in [0.1, 0.15) is 4.49 Å². The Morgan fingerprint density at radius 1 is 1.60 bits per heavy atom. The molecule has 0 aromatic rings. The van der Waals surface area contributed by atoms with E-state index >= 15 is 0 Å². The smallest absolute Gasteiger partial charge is 0.162 e. The average Bonchev–Trinajstić information content (AvgIpc) is 2.15. The first-order valence-corrected chi connectivity index (χ1v) is 3.72. The molecule has 0 bridgehead atoms. The second-order valence-electron chi connectivity index (χ2n) is 2.06. The normalized spacial score (nSPS) is 17.0. The molecular weight excluding hydrogens is 171 g/mol. The van der Waals surface area contributed by atoms with E-state index in [1.54, 1.807) is 0 Å². The van der Waals surface area contributed by atoms with Crippen molar-refractivity contribution in [1.29, 1.82) is 0 Å². The van der Waals surface area contributed by atoms with Gasteiger partial charge in [-0.25, -0.2) is 0 Å². The molecule has 0 aromatic carbocycles. The second-order valence-corrected chi connectivity index (χ2v) is 3.06. The van der Waals surface area contributed by atoms with Crippen molar-refractivity contribution in [2.75, 3.05) is 0 Å². The molecule has 0 saturated heterocycles. The summed E-state index contributed by atoms with van der Waals surface area (Å²) in [5, 5.41) is 0. The minimum absolute atomic E-state index is 0.124. The van der Waals surface area contributed by atoms with Crippen molar-refractivity contribution in [3.63, 3.8) is 0 Å². The Morgan fingerprint density at radius 2 is 2.30 bits per heavy atom. The van der Waals surface area contributed by atoms with E-state index in [1.807, 2.05) is 6.08 Å². The number of Topliss-reactive ketones (excluding diaryl/α,β-unsaturated/α-hetero) is 1. The number of rotatable bonds is 1. The van der Waals surface area contributed by atoms with Gasteiger partial charge in [-0.1, -0.05) is 29.3 Å². The molecule has 0 radical (unpaired) electrons. The molecule has 1 aliphatic rings. The van der Waals surface area contributed by atoms with Crippen molar-refractivity contribution in [3.8, 4) is 0 Å². The van der Waals surface area contributed by atoms with Crippen molar-refractivity contribution in [2.24, 2.45) is 0 Å². The molecule has 0 saturated carbocycles. The van der Waals surface area contributed by atoms with E-state index in [0.29, 0.717) is 12.0 Å². The lowest BCUT2D eigenvalue weighted by molar-refractivity contribution is -0.114. The summed E-state index contributed by atoms with van der Waals surface area (Å²) in [5.41, 5.74) is 0.639. The van der Waals surface area contributed by atoms with Crippen LogP contribution in [0.3, 0.4) is 0 Å². The van der Waals surface area contributed by atoms with Crippen LogP contribution in [0.5, 0.6) is 0 Å². The van der Waals surface area contributed by atoms with Gasteiger partial charge in [0, 0.05) is 12.0 Å². The Morgan fingerprint density at radius 3 is 2.70 bits per heavy atom. The number of carbonyl (C=O) groups is 1. The Balaban J connectivity index is 2.74. The lowest BCUT2D eigenvalue weighted by Crippen LogP contribution is -1.91. The zero-order valence-corrected chi connectivity index (χ0v) is 6.74. The van der Waals surface area contributed by atoms with Crippen LogP contribution in [-0.4, -0.2) is 5.78 Å². The summed E-state index contributed by atoms with van der Waals surface area (Å²) in [5.74, 6) is 0.124. The highest BCUT2D eigenvalue weighted by Crippen LogP contribution is 2.19. The first kappa shape index (κ1) is 7.83. The van der Waals surface area contributed by atoms with Gasteiger partial charge in [0.15, 0.2) is 5.78 Å².